The van der Waals surface area contributed by atoms with Crippen molar-refractivity contribution in [1.82, 2.24) is 15.5 Å². The largest absolute Gasteiger partial charge is 0.494 e. The maximum atomic E-state index is 12.9. The van der Waals surface area contributed by atoms with E-state index in [0.717, 1.165) is 50.2 Å². The summed E-state index contributed by atoms with van der Waals surface area (Å²) in [4.78, 5) is 26.5. The van der Waals surface area contributed by atoms with Crippen LogP contribution in [0.2, 0.25) is 0 Å². The van der Waals surface area contributed by atoms with Gasteiger partial charge in [-0.05, 0) is 51.8 Å². The molecule has 1 atom stereocenters. The average molecular weight is 412 g/mol. The molecule has 0 bridgehead atoms. The molecule has 2 amide bonds. The summed E-state index contributed by atoms with van der Waals surface area (Å²) in [6.07, 6.45) is 3.52. The van der Waals surface area contributed by atoms with Crippen molar-refractivity contribution >= 4 is 24.2 Å². The third-order valence-corrected chi connectivity index (χ3v) is 5.12. The smallest absolute Gasteiger partial charge is 0.224 e. The lowest BCUT2D eigenvalue weighted by Gasteiger charge is -2.33. The van der Waals surface area contributed by atoms with E-state index < -0.39 is 0 Å². The quantitative estimate of drug-likeness (QED) is 0.655. The maximum Gasteiger partial charge on any atom is 0.224 e. The fourth-order valence-electron chi connectivity index (χ4n) is 3.66. The van der Waals surface area contributed by atoms with Gasteiger partial charge in [0, 0.05) is 25.6 Å². The van der Waals surface area contributed by atoms with Crippen LogP contribution < -0.4 is 15.4 Å². The Morgan fingerprint density at radius 2 is 1.93 bits per heavy atom. The number of carbonyl (C=O) groups is 2. The van der Waals surface area contributed by atoms with Gasteiger partial charge in [0.1, 0.15) is 5.75 Å². The molecule has 1 aromatic carbocycles. The summed E-state index contributed by atoms with van der Waals surface area (Å²) in [6, 6.07) is 7.23. The number of likely N-dealkylation sites (tertiary alicyclic amines) is 1. The number of nitrogens with zero attached hydrogens (tertiary/aromatic N) is 1. The molecular formula is C21H34ClN3O3. The standard InChI is InChI=1S/C21H33N3O3.ClH/c1-4-27-20-8-6-5-7-18(20)19(23-16(2)25)15-21(26)24-13-10-17(11-14-24)9-12-22-3;/h5-8,17,19,22H,4,9-15H2,1-3H3,(H,23,25);1H. The lowest BCUT2D eigenvalue weighted by Crippen LogP contribution is -2.41. The van der Waals surface area contributed by atoms with Gasteiger partial charge in [0.15, 0.2) is 0 Å². The van der Waals surface area contributed by atoms with E-state index in [1.165, 1.54) is 6.92 Å². The van der Waals surface area contributed by atoms with E-state index in [0.29, 0.717) is 12.5 Å². The SMILES string of the molecule is CCOc1ccccc1C(CC(=O)N1CCC(CCNC)CC1)NC(C)=O.Cl. The number of hydrogen-bond donors (Lipinski definition) is 2. The van der Waals surface area contributed by atoms with Crippen molar-refractivity contribution in [2.75, 3.05) is 33.3 Å². The fraction of sp³-hybridized carbons (Fsp3) is 0.619. The number of ether oxygens (including phenoxy) is 1. The fourth-order valence-corrected chi connectivity index (χ4v) is 3.66. The first-order valence-corrected chi connectivity index (χ1v) is 9.96. The first kappa shape index (κ1) is 24.2. The summed E-state index contributed by atoms with van der Waals surface area (Å²) in [5.74, 6) is 1.35. The van der Waals surface area contributed by atoms with Crippen molar-refractivity contribution in [3.8, 4) is 5.75 Å². The van der Waals surface area contributed by atoms with Gasteiger partial charge in [-0.15, -0.1) is 12.4 Å². The number of halogens is 1. The van der Waals surface area contributed by atoms with Gasteiger partial charge in [-0.2, -0.15) is 0 Å². The van der Waals surface area contributed by atoms with Crippen LogP contribution in [-0.4, -0.2) is 50.0 Å². The molecule has 1 unspecified atom stereocenters. The summed E-state index contributed by atoms with van der Waals surface area (Å²) in [6.45, 7) is 6.57. The maximum absolute atomic E-state index is 12.9. The van der Waals surface area contributed by atoms with Crippen LogP contribution in [0.5, 0.6) is 5.75 Å². The Morgan fingerprint density at radius 3 is 2.54 bits per heavy atom. The molecule has 0 aliphatic carbocycles. The third-order valence-electron chi connectivity index (χ3n) is 5.12. The molecule has 28 heavy (non-hydrogen) atoms. The molecule has 1 aliphatic heterocycles. The Labute approximate surface area is 174 Å². The Bertz CT molecular complexity index is 619. The molecule has 1 heterocycles. The normalized spacial score (nSPS) is 15.5. The van der Waals surface area contributed by atoms with Crippen molar-refractivity contribution in [1.29, 1.82) is 0 Å². The summed E-state index contributed by atoms with van der Waals surface area (Å²) >= 11 is 0. The average Bonchev–Trinajstić information content (AvgIpc) is 2.66. The zero-order chi connectivity index (χ0) is 19.6. The second-order valence-corrected chi connectivity index (χ2v) is 7.14. The Morgan fingerprint density at radius 1 is 1.25 bits per heavy atom. The molecule has 1 saturated heterocycles. The van der Waals surface area contributed by atoms with Gasteiger partial charge in [0.05, 0.1) is 19.1 Å². The van der Waals surface area contributed by atoms with E-state index in [9.17, 15) is 9.59 Å². The van der Waals surface area contributed by atoms with E-state index in [1.54, 1.807) is 0 Å². The summed E-state index contributed by atoms with van der Waals surface area (Å²) in [7, 11) is 1.97. The first-order valence-electron chi connectivity index (χ1n) is 9.96. The van der Waals surface area contributed by atoms with Gasteiger partial charge >= 0.3 is 0 Å². The molecule has 0 aromatic heterocycles. The predicted molar refractivity (Wildman–Crippen MR) is 114 cm³/mol. The highest BCUT2D eigenvalue weighted by molar-refractivity contribution is 5.85. The van der Waals surface area contributed by atoms with E-state index >= 15 is 0 Å². The number of piperidine rings is 1. The van der Waals surface area contributed by atoms with Crippen molar-refractivity contribution < 1.29 is 14.3 Å². The van der Waals surface area contributed by atoms with Gasteiger partial charge in [-0.25, -0.2) is 0 Å². The zero-order valence-corrected chi connectivity index (χ0v) is 18.0. The van der Waals surface area contributed by atoms with Crippen LogP contribution in [0, 0.1) is 5.92 Å². The number of nitrogens with one attached hydrogen (secondary N) is 2. The third kappa shape index (κ3) is 7.32. The Balaban J connectivity index is 0.00000392. The Hall–Kier alpha value is -1.79. The molecule has 2 N–H and O–H groups in total. The molecule has 1 fully saturated rings. The molecular weight excluding hydrogens is 378 g/mol. The van der Waals surface area contributed by atoms with Gasteiger partial charge in [0.25, 0.3) is 0 Å². The van der Waals surface area contributed by atoms with Crippen molar-refractivity contribution in [2.45, 2.75) is 45.6 Å². The minimum absolute atomic E-state index is 0. The lowest BCUT2D eigenvalue weighted by atomic mass is 9.93. The molecule has 1 aliphatic rings. The van der Waals surface area contributed by atoms with Crippen LogP contribution in [0.4, 0.5) is 0 Å². The minimum atomic E-state index is -0.375. The van der Waals surface area contributed by atoms with Crippen LogP contribution in [0.1, 0.15) is 51.1 Å². The highest BCUT2D eigenvalue weighted by atomic mass is 35.5. The van der Waals surface area contributed by atoms with Crippen LogP contribution >= 0.6 is 12.4 Å². The number of amides is 2. The van der Waals surface area contributed by atoms with E-state index in [2.05, 4.69) is 10.6 Å². The van der Waals surface area contributed by atoms with Gasteiger partial charge in [-0.3, -0.25) is 9.59 Å². The van der Waals surface area contributed by atoms with Crippen LogP contribution in [0.25, 0.3) is 0 Å². The van der Waals surface area contributed by atoms with Crippen molar-refractivity contribution in [3.63, 3.8) is 0 Å². The van der Waals surface area contributed by atoms with E-state index in [-0.39, 0.29) is 36.7 Å². The second kappa shape index (κ2) is 12.6. The van der Waals surface area contributed by atoms with Crippen LogP contribution in [-0.2, 0) is 9.59 Å². The number of carbonyl (C=O) groups excluding carboxylic acids is 2. The highest BCUT2D eigenvalue weighted by Gasteiger charge is 2.26. The second-order valence-electron chi connectivity index (χ2n) is 7.14. The van der Waals surface area contributed by atoms with Crippen LogP contribution in [0.3, 0.4) is 0 Å². The summed E-state index contributed by atoms with van der Waals surface area (Å²) in [5.41, 5.74) is 0.854. The number of hydrogen-bond acceptors (Lipinski definition) is 4. The van der Waals surface area contributed by atoms with Crippen molar-refractivity contribution in [3.05, 3.63) is 29.8 Å². The lowest BCUT2D eigenvalue weighted by molar-refractivity contribution is -0.133. The van der Waals surface area contributed by atoms with E-state index in [1.807, 2.05) is 43.1 Å². The monoisotopic (exact) mass is 411 g/mol. The molecule has 6 nitrogen and oxygen atoms in total. The van der Waals surface area contributed by atoms with Gasteiger partial charge in [-0.1, -0.05) is 18.2 Å². The number of para-hydroxylation sites is 1. The molecule has 0 radical (unpaired) electrons. The molecule has 158 valence electrons. The topological polar surface area (TPSA) is 70.7 Å². The minimum Gasteiger partial charge on any atom is -0.494 e. The van der Waals surface area contributed by atoms with Crippen molar-refractivity contribution in [2.24, 2.45) is 5.92 Å². The number of rotatable bonds is 9. The molecule has 7 heteroatoms. The molecule has 2 rings (SSSR count). The summed E-state index contributed by atoms with van der Waals surface area (Å²) < 4.78 is 5.70. The molecule has 1 aromatic rings. The van der Waals surface area contributed by atoms with Crippen LogP contribution in [0.15, 0.2) is 24.3 Å². The van der Waals surface area contributed by atoms with Gasteiger partial charge in [0.2, 0.25) is 11.8 Å². The van der Waals surface area contributed by atoms with E-state index in [4.69, 9.17) is 4.74 Å². The highest BCUT2D eigenvalue weighted by Crippen LogP contribution is 2.29. The number of benzene rings is 1. The molecule has 0 spiro atoms. The predicted octanol–water partition coefficient (Wildman–Crippen LogP) is 2.92. The van der Waals surface area contributed by atoms with Gasteiger partial charge < -0.3 is 20.3 Å². The molecule has 0 saturated carbocycles. The first-order chi connectivity index (χ1) is 13.0. The zero-order valence-electron chi connectivity index (χ0n) is 17.2. The Kier molecular flexibility index (Phi) is 10.9. The summed E-state index contributed by atoms with van der Waals surface area (Å²) in [5, 5.41) is 6.12.